The number of nitrogens with zero attached hydrogens (tertiary/aromatic N) is 1. The fourth-order valence-corrected chi connectivity index (χ4v) is 5.62. The van der Waals surface area contributed by atoms with Crippen molar-refractivity contribution in [2.24, 2.45) is 0 Å². The van der Waals surface area contributed by atoms with Crippen LogP contribution in [-0.2, 0) is 52.2 Å². The third-order valence-electron chi connectivity index (χ3n) is 8.55. The number of hydrogen-bond acceptors (Lipinski definition) is 12. The number of ether oxygens (including phenoxy) is 10. The molecule has 0 spiro atoms. The molecule has 54 heavy (non-hydrogen) atoms. The monoisotopic (exact) mass is 761 g/mol. The zero-order chi connectivity index (χ0) is 38.3. The van der Waals surface area contributed by atoms with Crippen molar-refractivity contribution in [3.05, 3.63) is 59.7 Å². The van der Waals surface area contributed by atoms with Gasteiger partial charge in [0.2, 0.25) is 0 Å². The summed E-state index contributed by atoms with van der Waals surface area (Å²) in [5.41, 5.74) is 4.79. The third kappa shape index (κ3) is 19.4. The van der Waals surface area contributed by atoms with Crippen molar-refractivity contribution in [2.75, 3.05) is 133 Å². The highest BCUT2D eigenvalue weighted by Crippen LogP contribution is 2.44. The maximum atomic E-state index is 12.6. The van der Waals surface area contributed by atoms with Crippen LogP contribution in [0.15, 0.2) is 48.5 Å². The van der Waals surface area contributed by atoms with Crippen molar-refractivity contribution in [1.82, 2.24) is 4.90 Å². The average molecular weight is 762 g/mol. The number of amides is 1. The van der Waals surface area contributed by atoms with E-state index >= 15 is 0 Å². The van der Waals surface area contributed by atoms with Gasteiger partial charge in [-0.05, 0) is 28.7 Å². The van der Waals surface area contributed by atoms with Gasteiger partial charge in [-0.3, -0.25) is 4.79 Å². The van der Waals surface area contributed by atoms with Crippen LogP contribution in [-0.4, -0.2) is 149 Å². The van der Waals surface area contributed by atoms with Crippen molar-refractivity contribution in [2.45, 2.75) is 44.9 Å². The molecule has 13 heteroatoms. The number of unbranched alkanes of at least 4 members (excludes halogenated alkanes) is 3. The van der Waals surface area contributed by atoms with Crippen LogP contribution in [0.4, 0.5) is 4.79 Å². The van der Waals surface area contributed by atoms with Gasteiger partial charge in [0, 0.05) is 25.9 Å². The maximum absolute atomic E-state index is 12.6. The summed E-state index contributed by atoms with van der Waals surface area (Å²) < 4.78 is 54.8. The van der Waals surface area contributed by atoms with Crippen molar-refractivity contribution < 1.29 is 57.0 Å². The smallest absolute Gasteiger partial charge is 0.409 e. The Labute approximate surface area is 321 Å². The van der Waals surface area contributed by atoms with E-state index in [-0.39, 0.29) is 24.6 Å². The first-order chi connectivity index (χ1) is 26.6. The van der Waals surface area contributed by atoms with Gasteiger partial charge in [0.05, 0.1) is 106 Å². The van der Waals surface area contributed by atoms with Gasteiger partial charge in [-0.15, -0.1) is 0 Å². The summed E-state index contributed by atoms with van der Waals surface area (Å²) >= 11 is 0. The molecule has 2 aromatic rings. The summed E-state index contributed by atoms with van der Waals surface area (Å²) in [7, 11) is 1.71. The molecule has 0 unspecified atom stereocenters. The number of hydrogen-bond donors (Lipinski definition) is 0. The predicted molar refractivity (Wildman–Crippen MR) is 204 cm³/mol. The molecular weight excluding hydrogens is 698 g/mol. The van der Waals surface area contributed by atoms with Gasteiger partial charge in [-0.1, -0.05) is 74.7 Å². The minimum atomic E-state index is -0.366. The number of benzene rings is 2. The topological polar surface area (TPSA) is 130 Å². The summed E-state index contributed by atoms with van der Waals surface area (Å²) in [4.78, 5) is 25.7. The molecule has 0 heterocycles. The highest BCUT2D eigenvalue weighted by molar-refractivity contribution is 5.79. The van der Waals surface area contributed by atoms with Gasteiger partial charge < -0.3 is 52.3 Å². The van der Waals surface area contributed by atoms with E-state index in [1.54, 1.807) is 7.05 Å². The fraction of sp³-hybridized carbons (Fsp3) is 0.659. The van der Waals surface area contributed by atoms with Gasteiger partial charge in [0.25, 0.3) is 0 Å². The van der Waals surface area contributed by atoms with Crippen LogP contribution >= 0.6 is 0 Å². The zero-order valence-electron chi connectivity index (χ0n) is 32.5. The first-order valence-corrected chi connectivity index (χ1v) is 19.5. The van der Waals surface area contributed by atoms with Crippen molar-refractivity contribution in [3.63, 3.8) is 0 Å². The normalized spacial score (nSPS) is 12.1. The second-order valence-electron chi connectivity index (χ2n) is 12.7. The minimum absolute atomic E-state index is 0.0370. The van der Waals surface area contributed by atoms with Crippen LogP contribution in [0.1, 0.15) is 56.1 Å². The molecule has 3 rings (SSSR count). The van der Waals surface area contributed by atoms with E-state index in [2.05, 4.69) is 31.2 Å². The predicted octanol–water partition coefficient (Wildman–Crippen LogP) is 5.51. The molecular formula is C41H63NO12. The van der Waals surface area contributed by atoms with Crippen molar-refractivity contribution >= 4 is 12.1 Å². The van der Waals surface area contributed by atoms with Crippen LogP contribution in [0.5, 0.6) is 0 Å². The SMILES string of the molecule is CCCCCCC(=O)OCCOCCOCCOCCOCCOCCOCCOCCOCCN(C)C(=O)OCC1c2ccccc2-c2ccccc21. The molecule has 1 aliphatic rings. The lowest BCUT2D eigenvalue weighted by atomic mass is 9.98. The van der Waals surface area contributed by atoms with E-state index < -0.39 is 0 Å². The molecule has 13 nitrogen and oxygen atoms in total. The summed E-state index contributed by atoms with van der Waals surface area (Å²) in [6.07, 6.45) is 4.37. The summed E-state index contributed by atoms with van der Waals surface area (Å²) in [6.45, 7) is 10.4. The molecule has 0 bridgehead atoms. The highest BCUT2D eigenvalue weighted by atomic mass is 16.6. The van der Waals surface area contributed by atoms with Crippen LogP contribution in [0.2, 0.25) is 0 Å². The van der Waals surface area contributed by atoms with Crippen LogP contribution < -0.4 is 0 Å². The van der Waals surface area contributed by atoms with Crippen molar-refractivity contribution in [1.29, 1.82) is 0 Å². The molecule has 0 aromatic heterocycles. The van der Waals surface area contributed by atoms with E-state index in [0.29, 0.717) is 125 Å². The Morgan fingerprint density at radius 2 is 0.926 bits per heavy atom. The Bertz CT molecular complexity index is 1220. The van der Waals surface area contributed by atoms with Gasteiger partial charge >= 0.3 is 12.1 Å². The van der Waals surface area contributed by atoms with Gasteiger partial charge in [-0.25, -0.2) is 4.79 Å². The lowest BCUT2D eigenvalue weighted by Crippen LogP contribution is -2.32. The maximum Gasteiger partial charge on any atom is 0.409 e. The molecule has 0 aliphatic heterocycles. The van der Waals surface area contributed by atoms with E-state index in [9.17, 15) is 9.59 Å². The molecule has 0 radical (unpaired) electrons. The molecule has 0 saturated heterocycles. The number of rotatable bonds is 34. The summed E-state index contributed by atoms with van der Waals surface area (Å²) in [5, 5.41) is 0. The van der Waals surface area contributed by atoms with Crippen molar-refractivity contribution in [3.8, 4) is 11.1 Å². The van der Waals surface area contributed by atoms with Crippen LogP contribution in [0.25, 0.3) is 11.1 Å². The van der Waals surface area contributed by atoms with Gasteiger partial charge in [0.15, 0.2) is 0 Å². The summed E-state index contributed by atoms with van der Waals surface area (Å²) in [5.74, 6) is -0.119. The number of carbonyl (C=O) groups excluding carboxylic acids is 2. The average Bonchev–Trinajstić information content (AvgIpc) is 3.51. The molecule has 0 saturated carbocycles. The lowest BCUT2D eigenvalue weighted by molar-refractivity contribution is -0.145. The molecule has 1 amide bonds. The molecule has 0 N–H and O–H groups in total. The Kier molecular flexibility index (Phi) is 25.2. The van der Waals surface area contributed by atoms with Gasteiger partial charge in [0.1, 0.15) is 13.2 Å². The van der Waals surface area contributed by atoms with E-state index in [1.165, 1.54) is 27.2 Å². The van der Waals surface area contributed by atoms with E-state index in [4.69, 9.17) is 47.4 Å². The number of esters is 1. The number of likely N-dealkylation sites (N-methyl/N-ethyl adjacent to an activating group) is 1. The highest BCUT2D eigenvalue weighted by Gasteiger charge is 2.29. The van der Waals surface area contributed by atoms with Gasteiger partial charge in [-0.2, -0.15) is 0 Å². The molecule has 0 fully saturated rings. The third-order valence-corrected chi connectivity index (χ3v) is 8.55. The quantitative estimate of drug-likeness (QED) is 0.0659. The Morgan fingerprint density at radius 1 is 0.519 bits per heavy atom. The van der Waals surface area contributed by atoms with Crippen LogP contribution in [0, 0.1) is 0 Å². The standard InChI is InChI=1S/C41H63NO12/c1-3-4-5-6-15-40(43)53-33-32-52-31-30-51-29-28-50-27-26-49-25-24-48-23-22-47-21-20-46-19-18-45-17-16-42(2)41(44)54-34-39-37-13-9-7-11-35(37)36-12-8-10-14-38(36)39/h7-14,39H,3-6,15-34H2,1-2H3. The Hall–Kier alpha value is -3.14. The summed E-state index contributed by atoms with van der Waals surface area (Å²) in [6, 6.07) is 16.6. The first kappa shape index (κ1) is 45.3. The molecule has 304 valence electrons. The lowest BCUT2D eigenvalue weighted by Gasteiger charge is -2.19. The molecule has 1 aliphatic carbocycles. The number of carbonyl (C=O) groups is 2. The van der Waals surface area contributed by atoms with E-state index in [1.807, 2.05) is 24.3 Å². The Balaban J connectivity index is 0.984. The largest absolute Gasteiger partial charge is 0.463 e. The Morgan fingerprint density at radius 3 is 1.37 bits per heavy atom. The van der Waals surface area contributed by atoms with Crippen LogP contribution in [0.3, 0.4) is 0 Å². The van der Waals surface area contributed by atoms with E-state index in [0.717, 1.165) is 25.7 Å². The molecule has 0 atom stereocenters. The number of fused-ring (bicyclic) bond motifs is 3. The zero-order valence-corrected chi connectivity index (χ0v) is 32.5. The first-order valence-electron chi connectivity index (χ1n) is 19.5. The fourth-order valence-electron chi connectivity index (χ4n) is 5.62. The second-order valence-corrected chi connectivity index (χ2v) is 12.7. The molecule has 2 aromatic carbocycles. The second kappa shape index (κ2) is 30.1. The minimum Gasteiger partial charge on any atom is -0.463 e.